The van der Waals surface area contributed by atoms with Crippen molar-refractivity contribution in [2.45, 2.75) is 68.2 Å². The molecule has 0 unspecified atom stereocenters. The lowest BCUT2D eigenvalue weighted by atomic mass is 9.45. The van der Waals surface area contributed by atoms with Crippen LogP contribution in [0.25, 0.3) is 0 Å². The Bertz CT molecular complexity index is 918. The van der Waals surface area contributed by atoms with Gasteiger partial charge >= 0.3 is 11.9 Å². The Balaban J connectivity index is 1.79. The summed E-state index contributed by atoms with van der Waals surface area (Å²) in [6, 6.07) is 0. The fourth-order valence-electron chi connectivity index (χ4n) is 6.98. The lowest BCUT2D eigenvalue weighted by molar-refractivity contribution is -0.230. The lowest BCUT2D eigenvalue weighted by Crippen LogP contribution is -2.69. The summed E-state index contributed by atoms with van der Waals surface area (Å²) in [5, 5.41) is 21.3. The summed E-state index contributed by atoms with van der Waals surface area (Å²) in [4.78, 5) is 34.9. The molecule has 0 amide bonds. The van der Waals surface area contributed by atoms with Gasteiger partial charge in [0.05, 0.1) is 6.10 Å². The first-order valence-electron chi connectivity index (χ1n) is 10.4. The molecule has 170 valence electrons. The van der Waals surface area contributed by atoms with Gasteiger partial charge in [0.25, 0.3) is 0 Å². The second kappa shape index (κ2) is 7.03. The van der Waals surface area contributed by atoms with Crippen LogP contribution in [0.15, 0.2) is 23.8 Å². The van der Waals surface area contributed by atoms with Gasteiger partial charge in [-0.1, -0.05) is 41.8 Å². The smallest absolute Gasteiger partial charge is 0.348 e. The number of halogens is 3. The molecule has 0 radical (unpaired) electrons. The van der Waals surface area contributed by atoms with E-state index in [1.807, 2.05) is 0 Å². The van der Waals surface area contributed by atoms with Crippen LogP contribution in [-0.4, -0.2) is 50.1 Å². The molecule has 0 aromatic heterocycles. The van der Waals surface area contributed by atoms with Gasteiger partial charge in [-0.2, -0.15) is 0 Å². The van der Waals surface area contributed by atoms with Gasteiger partial charge in [-0.05, 0) is 57.1 Å². The van der Waals surface area contributed by atoms with Gasteiger partial charge in [0.15, 0.2) is 11.5 Å². The number of hydrogen-bond donors (Lipinski definition) is 2. The van der Waals surface area contributed by atoms with Crippen molar-refractivity contribution >= 4 is 40.9 Å². The largest absolute Gasteiger partial charge is 0.478 e. The van der Waals surface area contributed by atoms with Crippen molar-refractivity contribution in [3.8, 4) is 0 Å². The molecule has 31 heavy (non-hydrogen) atoms. The summed E-state index contributed by atoms with van der Waals surface area (Å²) in [7, 11) is 0. The molecule has 2 N–H and O–H groups in total. The number of fused-ring (bicyclic) bond motifs is 5. The maximum absolute atomic E-state index is 17.0. The molecule has 4 rings (SSSR count). The zero-order chi connectivity index (χ0) is 23.0. The normalized spacial score (nSPS) is 46.1. The zero-order valence-corrected chi connectivity index (χ0v) is 18.8. The summed E-state index contributed by atoms with van der Waals surface area (Å²) in [6.45, 7) is 3.32. The predicted octanol–water partition coefficient (Wildman–Crippen LogP) is 3.53. The van der Waals surface area contributed by atoms with Crippen LogP contribution >= 0.6 is 23.2 Å². The fourth-order valence-corrected chi connectivity index (χ4v) is 7.07. The maximum Gasteiger partial charge on any atom is 0.348 e. The van der Waals surface area contributed by atoms with E-state index in [4.69, 9.17) is 27.9 Å². The highest BCUT2D eigenvalue weighted by atomic mass is 35.5. The number of aliphatic carboxylic acids is 1. The highest BCUT2D eigenvalue weighted by Gasteiger charge is 2.76. The number of ether oxygens (including phenoxy) is 1. The minimum atomic E-state index is -2.08. The summed E-state index contributed by atoms with van der Waals surface area (Å²) in [6.07, 6.45) is 3.67. The molecule has 0 aliphatic heterocycles. The number of carboxylic acid groups (broad SMARTS) is 1. The second-order valence-corrected chi connectivity index (χ2v) is 10.8. The second-order valence-electron chi connectivity index (χ2n) is 9.66. The van der Waals surface area contributed by atoms with Crippen LogP contribution in [-0.2, 0) is 19.1 Å². The van der Waals surface area contributed by atoms with Gasteiger partial charge in [0, 0.05) is 16.7 Å². The van der Waals surface area contributed by atoms with Gasteiger partial charge in [0.2, 0.25) is 10.4 Å². The number of carbonyl (C=O) groups is 3. The van der Waals surface area contributed by atoms with E-state index in [1.165, 1.54) is 18.2 Å². The topological polar surface area (TPSA) is 101 Å². The SMILES string of the molecule is C[C@]12C=CC(=O)C=C1CC[C@H]1[C@@H]3CC[C@](OC(=O)C(Cl)Cl)(C(=O)O)[C@@]3(C)C[C@H](O)[C@@]12F. The van der Waals surface area contributed by atoms with Crippen molar-refractivity contribution in [3.05, 3.63) is 23.8 Å². The van der Waals surface area contributed by atoms with Crippen molar-refractivity contribution in [1.82, 2.24) is 0 Å². The van der Waals surface area contributed by atoms with E-state index in [0.717, 1.165) is 0 Å². The average molecular weight is 475 g/mol. The minimum Gasteiger partial charge on any atom is -0.478 e. The number of allylic oxidation sites excluding steroid dienone is 4. The molecule has 0 aromatic rings. The first-order chi connectivity index (χ1) is 14.3. The van der Waals surface area contributed by atoms with Crippen LogP contribution in [0.5, 0.6) is 0 Å². The van der Waals surface area contributed by atoms with E-state index in [1.54, 1.807) is 13.8 Å². The fraction of sp³-hybridized carbons (Fsp3) is 0.682. The number of aliphatic hydroxyl groups is 1. The number of carboxylic acids is 1. The van der Waals surface area contributed by atoms with Crippen molar-refractivity contribution in [2.24, 2.45) is 22.7 Å². The van der Waals surface area contributed by atoms with Crippen LogP contribution in [0.4, 0.5) is 4.39 Å². The molecule has 6 nitrogen and oxygen atoms in total. The molecular weight excluding hydrogens is 450 g/mol. The van der Waals surface area contributed by atoms with Crippen molar-refractivity contribution in [2.75, 3.05) is 0 Å². The van der Waals surface area contributed by atoms with E-state index in [0.29, 0.717) is 24.8 Å². The molecule has 3 fully saturated rings. The van der Waals surface area contributed by atoms with E-state index in [-0.39, 0.29) is 18.6 Å². The van der Waals surface area contributed by atoms with E-state index in [9.17, 15) is 24.6 Å². The Morgan fingerprint density at radius 1 is 1.26 bits per heavy atom. The van der Waals surface area contributed by atoms with Gasteiger partial charge in [-0.25, -0.2) is 14.0 Å². The molecule has 3 saturated carbocycles. The van der Waals surface area contributed by atoms with E-state index < -0.39 is 56.8 Å². The average Bonchev–Trinajstić information content (AvgIpc) is 2.96. The molecule has 4 aliphatic rings. The van der Waals surface area contributed by atoms with Crippen molar-refractivity contribution in [3.63, 3.8) is 0 Å². The maximum atomic E-state index is 17.0. The number of rotatable bonds is 3. The summed E-state index contributed by atoms with van der Waals surface area (Å²) >= 11 is 11.2. The molecule has 4 aliphatic carbocycles. The minimum absolute atomic E-state index is 0.0250. The van der Waals surface area contributed by atoms with Crippen LogP contribution in [0.2, 0.25) is 0 Å². The van der Waals surface area contributed by atoms with Crippen LogP contribution in [0.1, 0.15) is 46.0 Å². The molecule has 0 heterocycles. The first-order valence-corrected chi connectivity index (χ1v) is 11.3. The molecule has 0 bridgehead atoms. The third-order valence-electron chi connectivity index (χ3n) is 8.56. The van der Waals surface area contributed by atoms with Gasteiger partial charge in [-0.3, -0.25) is 4.79 Å². The summed E-state index contributed by atoms with van der Waals surface area (Å²) in [5.41, 5.74) is -5.80. The number of ketones is 1. The number of aliphatic hydroxyl groups excluding tert-OH is 1. The Kier molecular flexibility index (Phi) is 5.16. The Morgan fingerprint density at radius 2 is 1.94 bits per heavy atom. The highest BCUT2D eigenvalue weighted by molar-refractivity contribution is 6.53. The van der Waals surface area contributed by atoms with Gasteiger partial charge in [-0.15, -0.1) is 0 Å². The van der Waals surface area contributed by atoms with E-state index in [2.05, 4.69) is 0 Å². The monoisotopic (exact) mass is 474 g/mol. The number of esters is 1. The first kappa shape index (κ1) is 22.7. The van der Waals surface area contributed by atoms with Crippen LogP contribution in [0.3, 0.4) is 0 Å². The molecular formula is C22H25Cl2FO6. The molecule has 0 aromatic carbocycles. The lowest BCUT2D eigenvalue weighted by Gasteiger charge is -2.62. The highest BCUT2D eigenvalue weighted by Crippen LogP contribution is 2.70. The number of carbonyl (C=O) groups excluding carboxylic acids is 2. The number of alkyl halides is 3. The third kappa shape index (κ3) is 2.75. The number of hydrogen-bond acceptors (Lipinski definition) is 5. The van der Waals surface area contributed by atoms with Crippen LogP contribution in [0, 0.1) is 22.7 Å². The van der Waals surface area contributed by atoms with Crippen molar-refractivity contribution in [1.29, 1.82) is 0 Å². The molecule has 0 spiro atoms. The van der Waals surface area contributed by atoms with Gasteiger partial charge in [0.1, 0.15) is 0 Å². The Hall–Kier alpha value is -1.44. The van der Waals surface area contributed by atoms with E-state index >= 15 is 4.39 Å². The third-order valence-corrected chi connectivity index (χ3v) is 8.92. The summed E-state index contributed by atoms with van der Waals surface area (Å²) < 4.78 is 22.4. The van der Waals surface area contributed by atoms with Crippen LogP contribution < -0.4 is 0 Å². The quantitative estimate of drug-likeness (QED) is 0.479. The zero-order valence-electron chi connectivity index (χ0n) is 17.2. The Morgan fingerprint density at radius 3 is 2.55 bits per heavy atom. The molecule has 7 atom stereocenters. The van der Waals surface area contributed by atoms with Crippen molar-refractivity contribution < 1.29 is 33.7 Å². The standard InChI is InChI=1S/C22H25Cl2FO6/c1-19-7-5-12(26)9-11(19)3-4-14-13-6-8-21(18(29)30,31-17(28)16(23)24)20(13,2)10-15(27)22(14,19)25/h5,7,9,13-16,27H,3-4,6,8,10H2,1-2H3,(H,29,30)/t13-,14-,15-,19-,20-,21-,22-/m0/s1. The predicted molar refractivity (Wildman–Crippen MR) is 110 cm³/mol. The molecule has 0 saturated heterocycles. The van der Waals surface area contributed by atoms with Gasteiger partial charge < -0.3 is 14.9 Å². The Labute approximate surface area is 189 Å². The molecule has 9 heteroatoms. The summed E-state index contributed by atoms with van der Waals surface area (Å²) in [5.74, 6) is -3.78.